The van der Waals surface area contributed by atoms with Gasteiger partial charge in [-0.25, -0.2) is 17.2 Å². The standard InChI is InChI=1S/C22H33F2N3O3S/c1-14(2)13-31(28,29)27-7-3-4-15-10-26(11-21(15)27)17-9-20(25)22(30-12-17)18-8-16(23)5-6-19(18)24/h5-6,8,14-15,17,20-22H,3-4,7,9-13,25H2,1-2H3. The van der Waals surface area contributed by atoms with Crippen LogP contribution in [0.25, 0.3) is 0 Å². The Balaban J connectivity index is 1.43. The van der Waals surface area contributed by atoms with Gasteiger partial charge in [-0.1, -0.05) is 13.8 Å². The highest BCUT2D eigenvalue weighted by Crippen LogP contribution is 2.37. The Morgan fingerprint density at radius 2 is 2.03 bits per heavy atom. The quantitative estimate of drug-likeness (QED) is 0.735. The van der Waals surface area contributed by atoms with Gasteiger partial charge < -0.3 is 10.5 Å². The van der Waals surface area contributed by atoms with Gasteiger partial charge in [0.1, 0.15) is 17.7 Å². The summed E-state index contributed by atoms with van der Waals surface area (Å²) in [6, 6.07) is 2.92. The predicted octanol–water partition coefficient (Wildman–Crippen LogP) is 2.50. The SMILES string of the molecule is CC(C)CS(=O)(=O)N1CCCC2CN(C3COC(c4cc(F)ccc4F)C(N)C3)CC21. The van der Waals surface area contributed by atoms with Crippen molar-refractivity contribution < 1.29 is 21.9 Å². The van der Waals surface area contributed by atoms with E-state index in [4.69, 9.17) is 10.5 Å². The molecule has 3 heterocycles. The van der Waals surface area contributed by atoms with E-state index in [0.29, 0.717) is 32.0 Å². The van der Waals surface area contributed by atoms with E-state index in [-0.39, 0.29) is 29.3 Å². The van der Waals surface area contributed by atoms with Crippen LogP contribution < -0.4 is 5.73 Å². The average Bonchev–Trinajstić information content (AvgIpc) is 3.13. The molecule has 174 valence electrons. The minimum absolute atomic E-state index is 0.00730. The summed E-state index contributed by atoms with van der Waals surface area (Å²) in [5.41, 5.74) is 6.50. The molecule has 4 rings (SSSR count). The second-order valence-electron chi connectivity index (χ2n) is 9.68. The van der Waals surface area contributed by atoms with Crippen molar-refractivity contribution in [2.75, 3.05) is 32.0 Å². The number of ether oxygens (including phenoxy) is 1. The molecule has 3 aliphatic heterocycles. The second kappa shape index (κ2) is 9.02. The molecule has 0 aliphatic carbocycles. The molecule has 0 bridgehead atoms. The summed E-state index contributed by atoms with van der Waals surface area (Å²) in [5.74, 6) is -0.452. The molecule has 3 saturated heterocycles. The highest BCUT2D eigenvalue weighted by atomic mass is 32.2. The van der Waals surface area contributed by atoms with Gasteiger partial charge in [-0.3, -0.25) is 4.90 Å². The van der Waals surface area contributed by atoms with Crippen molar-refractivity contribution in [2.45, 2.75) is 57.3 Å². The lowest BCUT2D eigenvalue weighted by molar-refractivity contribution is -0.0480. The van der Waals surface area contributed by atoms with Crippen molar-refractivity contribution in [3.63, 3.8) is 0 Å². The summed E-state index contributed by atoms with van der Waals surface area (Å²) >= 11 is 0. The third-order valence-corrected chi connectivity index (χ3v) is 9.10. The minimum Gasteiger partial charge on any atom is -0.370 e. The Morgan fingerprint density at radius 1 is 1.26 bits per heavy atom. The van der Waals surface area contributed by atoms with Crippen LogP contribution in [-0.4, -0.2) is 67.7 Å². The molecule has 0 saturated carbocycles. The van der Waals surface area contributed by atoms with Crippen LogP contribution in [0.3, 0.4) is 0 Å². The number of piperidine rings is 1. The summed E-state index contributed by atoms with van der Waals surface area (Å²) < 4.78 is 61.3. The van der Waals surface area contributed by atoms with Crippen LogP contribution in [0.2, 0.25) is 0 Å². The van der Waals surface area contributed by atoms with Gasteiger partial charge in [-0.15, -0.1) is 0 Å². The minimum atomic E-state index is -3.28. The molecular formula is C22H33F2N3O3S. The van der Waals surface area contributed by atoms with E-state index in [1.54, 1.807) is 4.31 Å². The summed E-state index contributed by atoms with van der Waals surface area (Å²) in [5, 5.41) is 0. The molecule has 3 fully saturated rings. The van der Waals surface area contributed by atoms with Gasteiger partial charge in [-0.2, -0.15) is 4.31 Å². The first-order valence-corrected chi connectivity index (χ1v) is 12.8. The molecule has 0 radical (unpaired) electrons. The number of benzene rings is 1. The van der Waals surface area contributed by atoms with Crippen molar-refractivity contribution in [1.29, 1.82) is 0 Å². The van der Waals surface area contributed by atoms with Crippen molar-refractivity contribution in [3.05, 3.63) is 35.4 Å². The summed E-state index contributed by atoms with van der Waals surface area (Å²) in [7, 11) is -3.28. The number of fused-ring (bicyclic) bond motifs is 1. The predicted molar refractivity (Wildman–Crippen MR) is 115 cm³/mol. The molecule has 5 atom stereocenters. The molecule has 0 aromatic heterocycles. The Hall–Kier alpha value is -1.13. The maximum absolute atomic E-state index is 14.2. The number of nitrogens with zero attached hydrogens (tertiary/aromatic N) is 2. The van der Waals surface area contributed by atoms with E-state index < -0.39 is 33.8 Å². The van der Waals surface area contributed by atoms with Gasteiger partial charge in [0.2, 0.25) is 10.0 Å². The zero-order valence-electron chi connectivity index (χ0n) is 18.2. The van der Waals surface area contributed by atoms with Gasteiger partial charge in [0.15, 0.2) is 0 Å². The smallest absolute Gasteiger partial charge is 0.214 e. The van der Waals surface area contributed by atoms with E-state index in [2.05, 4.69) is 4.90 Å². The van der Waals surface area contributed by atoms with E-state index in [9.17, 15) is 17.2 Å². The fourth-order valence-corrected chi connectivity index (χ4v) is 7.58. The first-order chi connectivity index (χ1) is 14.7. The zero-order valence-corrected chi connectivity index (χ0v) is 19.0. The summed E-state index contributed by atoms with van der Waals surface area (Å²) in [6.07, 6.45) is 1.82. The second-order valence-corrected chi connectivity index (χ2v) is 11.6. The van der Waals surface area contributed by atoms with Crippen LogP contribution in [0.4, 0.5) is 8.78 Å². The molecule has 6 nitrogen and oxygen atoms in total. The third-order valence-electron chi connectivity index (χ3n) is 6.84. The molecule has 31 heavy (non-hydrogen) atoms. The van der Waals surface area contributed by atoms with Crippen molar-refractivity contribution in [2.24, 2.45) is 17.6 Å². The highest BCUT2D eigenvalue weighted by molar-refractivity contribution is 7.89. The molecule has 1 aromatic rings. The number of hydrogen-bond donors (Lipinski definition) is 1. The molecule has 3 aliphatic rings. The number of sulfonamides is 1. The topological polar surface area (TPSA) is 75.9 Å². The lowest BCUT2D eigenvalue weighted by Gasteiger charge is -2.39. The molecule has 2 N–H and O–H groups in total. The summed E-state index contributed by atoms with van der Waals surface area (Å²) in [6.45, 7) is 6.30. The zero-order chi connectivity index (χ0) is 22.3. The number of hydrogen-bond acceptors (Lipinski definition) is 5. The Kier molecular flexibility index (Phi) is 6.70. The van der Waals surface area contributed by atoms with E-state index in [1.165, 1.54) is 0 Å². The number of nitrogens with two attached hydrogens (primary N) is 1. The first kappa shape index (κ1) is 23.0. The number of halogens is 2. The lowest BCUT2D eigenvalue weighted by atomic mass is 9.93. The third kappa shape index (κ3) is 4.80. The van der Waals surface area contributed by atoms with Crippen LogP contribution in [0.5, 0.6) is 0 Å². The lowest BCUT2D eigenvalue weighted by Crippen LogP contribution is -2.51. The Bertz CT molecular complexity index is 898. The maximum atomic E-state index is 14.2. The largest absolute Gasteiger partial charge is 0.370 e. The summed E-state index contributed by atoms with van der Waals surface area (Å²) in [4.78, 5) is 2.29. The fourth-order valence-electron chi connectivity index (χ4n) is 5.48. The molecule has 9 heteroatoms. The van der Waals surface area contributed by atoms with Crippen LogP contribution in [0.1, 0.15) is 44.8 Å². The first-order valence-electron chi connectivity index (χ1n) is 11.2. The average molecular weight is 458 g/mol. The van der Waals surface area contributed by atoms with Crippen LogP contribution in [-0.2, 0) is 14.8 Å². The van der Waals surface area contributed by atoms with Gasteiger partial charge in [0, 0.05) is 43.3 Å². The van der Waals surface area contributed by atoms with E-state index >= 15 is 0 Å². The molecule has 0 spiro atoms. The highest BCUT2D eigenvalue weighted by Gasteiger charge is 2.46. The van der Waals surface area contributed by atoms with E-state index in [0.717, 1.165) is 37.6 Å². The number of likely N-dealkylation sites (tertiary alicyclic amines) is 1. The van der Waals surface area contributed by atoms with Crippen LogP contribution >= 0.6 is 0 Å². The maximum Gasteiger partial charge on any atom is 0.214 e. The van der Waals surface area contributed by atoms with Crippen molar-refractivity contribution in [3.8, 4) is 0 Å². The fraction of sp³-hybridized carbons (Fsp3) is 0.727. The van der Waals surface area contributed by atoms with Gasteiger partial charge >= 0.3 is 0 Å². The molecule has 5 unspecified atom stereocenters. The monoisotopic (exact) mass is 457 g/mol. The van der Waals surface area contributed by atoms with E-state index in [1.807, 2.05) is 13.8 Å². The Labute approximate surface area is 183 Å². The molecule has 1 aromatic carbocycles. The van der Waals surface area contributed by atoms with Crippen molar-refractivity contribution >= 4 is 10.0 Å². The molecular weight excluding hydrogens is 424 g/mol. The van der Waals surface area contributed by atoms with Gasteiger partial charge in [-0.05, 0) is 49.3 Å². The Morgan fingerprint density at radius 3 is 2.74 bits per heavy atom. The van der Waals surface area contributed by atoms with Gasteiger partial charge in [0.25, 0.3) is 0 Å². The number of rotatable bonds is 5. The van der Waals surface area contributed by atoms with Crippen molar-refractivity contribution in [1.82, 2.24) is 9.21 Å². The molecule has 0 amide bonds. The van der Waals surface area contributed by atoms with Gasteiger partial charge in [0.05, 0.1) is 12.4 Å². The van der Waals surface area contributed by atoms with Crippen LogP contribution in [0, 0.1) is 23.5 Å². The van der Waals surface area contributed by atoms with Crippen LogP contribution in [0.15, 0.2) is 18.2 Å². The normalized spacial score (nSPS) is 33.0.